The molecule has 1 aliphatic heterocycles. The molecule has 1 saturated carbocycles. The third-order valence-electron chi connectivity index (χ3n) is 4.93. The Balaban J connectivity index is 1.62. The average Bonchev–Trinajstić information content (AvgIpc) is 2.49. The minimum atomic E-state index is -0.0314. The maximum absolute atomic E-state index is 8.99. The van der Waals surface area contributed by atoms with E-state index in [1.165, 1.54) is 44.9 Å². The van der Waals surface area contributed by atoms with Crippen molar-refractivity contribution < 1.29 is 5.11 Å². The Morgan fingerprint density at radius 3 is 2.32 bits per heavy atom. The summed E-state index contributed by atoms with van der Waals surface area (Å²) in [4.78, 5) is 2.34. The van der Waals surface area contributed by atoms with Crippen molar-refractivity contribution in [3.63, 3.8) is 0 Å². The summed E-state index contributed by atoms with van der Waals surface area (Å²) in [6, 6.07) is 3.85. The van der Waals surface area contributed by atoms with Crippen LogP contribution in [0.25, 0.3) is 0 Å². The SMILES string of the molecule is OCc1ccc(N2CCC3(CCCCC3)CC2)nn1. The third-order valence-corrected chi connectivity index (χ3v) is 4.93. The molecule has 0 aromatic carbocycles. The van der Waals surface area contributed by atoms with E-state index in [-0.39, 0.29) is 6.61 Å². The molecule has 4 heteroatoms. The zero-order valence-corrected chi connectivity index (χ0v) is 11.5. The summed E-state index contributed by atoms with van der Waals surface area (Å²) < 4.78 is 0. The number of aliphatic hydroxyl groups excluding tert-OH is 1. The van der Waals surface area contributed by atoms with Crippen molar-refractivity contribution in [2.45, 2.75) is 51.6 Å². The highest BCUT2D eigenvalue weighted by molar-refractivity contribution is 5.38. The van der Waals surface area contributed by atoms with Gasteiger partial charge in [-0.25, -0.2) is 0 Å². The predicted molar refractivity (Wildman–Crippen MR) is 74.9 cm³/mol. The number of aromatic nitrogens is 2. The Bertz CT molecular complexity index is 402. The quantitative estimate of drug-likeness (QED) is 0.888. The van der Waals surface area contributed by atoms with Crippen molar-refractivity contribution in [3.05, 3.63) is 17.8 Å². The standard InChI is InChI=1S/C15H23N3O/c19-12-13-4-5-14(17-16-13)18-10-8-15(9-11-18)6-2-1-3-7-15/h4-5,19H,1-3,6-12H2. The van der Waals surface area contributed by atoms with E-state index in [1.54, 1.807) is 0 Å². The lowest BCUT2D eigenvalue weighted by molar-refractivity contribution is 0.144. The van der Waals surface area contributed by atoms with E-state index in [4.69, 9.17) is 5.11 Å². The molecule has 3 rings (SSSR count). The second kappa shape index (κ2) is 5.45. The van der Waals surface area contributed by atoms with Crippen LogP contribution in [0, 0.1) is 5.41 Å². The molecule has 1 aliphatic carbocycles. The first-order valence-electron chi connectivity index (χ1n) is 7.50. The van der Waals surface area contributed by atoms with E-state index >= 15 is 0 Å². The molecule has 1 N–H and O–H groups in total. The van der Waals surface area contributed by atoms with Crippen molar-refractivity contribution in [2.24, 2.45) is 5.41 Å². The molecule has 4 nitrogen and oxygen atoms in total. The monoisotopic (exact) mass is 261 g/mol. The van der Waals surface area contributed by atoms with Crippen molar-refractivity contribution in [1.82, 2.24) is 10.2 Å². The number of nitrogens with zero attached hydrogens (tertiary/aromatic N) is 3. The number of piperidine rings is 1. The topological polar surface area (TPSA) is 49.2 Å². The molecule has 1 aromatic rings. The van der Waals surface area contributed by atoms with E-state index in [2.05, 4.69) is 15.1 Å². The highest BCUT2D eigenvalue weighted by atomic mass is 16.3. The number of anilines is 1. The molecule has 0 atom stereocenters. The van der Waals surface area contributed by atoms with Gasteiger partial charge in [0.2, 0.25) is 0 Å². The van der Waals surface area contributed by atoms with Crippen LogP contribution in [0.4, 0.5) is 5.82 Å². The fourth-order valence-electron chi connectivity index (χ4n) is 3.62. The summed E-state index contributed by atoms with van der Waals surface area (Å²) >= 11 is 0. The van der Waals surface area contributed by atoms with Gasteiger partial charge in [-0.3, -0.25) is 0 Å². The summed E-state index contributed by atoms with van der Waals surface area (Å²) in [5, 5.41) is 17.2. The first-order chi connectivity index (χ1) is 9.31. The van der Waals surface area contributed by atoms with Crippen LogP contribution in [0.3, 0.4) is 0 Å². The van der Waals surface area contributed by atoms with Crippen LogP contribution in [0.1, 0.15) is 50.6 Å². The lowest BCUT2D eigenvalue weighted by atomic mass is 9.68. The van der Waals surface area contributed by atoms with E-state index in [0.717, 1.165) is 18.9 Å². The molecule has 2 heterocycles. The number of hydrogen-bond donors (Lipinski definition) is 1. The highest BCUT2D eigenvalue weighted by Crippen LogP contribution is 2.44. The molecular formula is C15H23N3O. The molecule has 0 bridgehead atoms. The number of rotatable bonds is 2. The molecule has 2 aliphatic rings. The van der Waals surface area contributed by atoms with Crippen molar-refractivity contribution in [1.29, 1.82) is 0 Å². The normalized spacial score (nSPS) is 22.7. The van der Waals surface area contributed by atoms with Crippen molar-refractivity contribution in [3.8, 4) is 0 Å². The van der Waals surface area contributed by atoms with E-state index in [0.29, 0.717) is 11.1 Å². The van der Waals surface area contributed by atoms with Gasteiger partial charge in [-0.2, -0.15) is 5.10 Å². The maximum atomic E-state index is 8.99. The summed E-state index contributed by atoms with van der Waals surface area (Å²) in [5.41, 5.74) is 1.28. The summed E-state index contributed by atoms with van der Waals surface area (Å²) in [6.07, 6.45) is 9.73. The van der Waals surface area contributed by atoms with Crippen LogP contribution in [-0.2, 0) is 6.61 Å². The van der Waals surface area contributed by atoms with E-state index in [9.17, 15) is 0 Å². The van der Waals surface area contributed by atoms with Gasteiger partial charge >= 0.3 is 0 Å². The number of aliphatic hydroxyl groups is 1. The lowest BCUT2D eigenvalue weighted by Gasteiger charge is -2.44. The van der Waals surface area contributed by atoms with E-state index < -0.39 is 0 Å². The molecule has 1 saturated heterocycles. The predicted octanol–water partition coefficient (Wildman–Crippen LogP) is 2.52. The van der Waals surface area contributed by atoms with E-state index in [1.807, 2.05) is 12.1 Å². The van der Waals surface area contributed by atoms with Gasteiger partial charge in [0.1, 0.15) is 0 Å². The van der Waals surface area contributed by atoms with Gasteiger partial charge in [-0.05, 0) is 43.2 Å². The Morgan fingerprint density at radius 1 is 1.00 bits per heavy atom. The zero-order valence-electron chi connectivity index (χ0n) is 11.5. The van der Waals surface area contributed by atoms with Gasteiger partial charge in [0.05, 0.1) is 12.3 Å². The van der Waals surface area contributed by atoms with Gasteiger partial charge in [0.25, 0.3) is 0 Å². The molecular weight excluding hydrogens is 238 g/mol. The second-order valence-corrected chi connectivity index (χ2v) is 6.09. The molecule has 19 heavy (non-hydrogen) atoms. The Labute approximate surface area is 114 Å². The molecule has 104 valence electrons. The first-order valence-corrected chi connectivity index (χ1v) is 7.50. The summed E-state index contributed by atoms with van der Waals surface area (Å²) in [6.45, 7) is 2.18. The minimum absolute atomic E-state index is 0.0314. The molecule has 1 aromatic heterocycles. The van der Waals surface area contributed by atoms with Crippen molar-refractivity contribution in [2.75, 3.05) is 18.0 Å². The number of hydrogen-bond acceptors (Lipinski definition) is 4. The van der Waals surface area contributed by atoms with Gasteiger partial charge in [0, 0.05) is 13.1 Å². The molecule has 2 fully saturated rings. The van der Waals surface area contributed by atoms with Crippen LogP contribution in [0.5, 0.6) is 0 Å². The van der Waals surface area contributed by atoms with Crippen LogP contribution in [0.15, 0.2) is 12.1 Å². The highest BCUT2D eigenvalue weighted by Gasteiger charge is 2.35. The minimum Gasteiger partial charge on any atom is -0.390 e. The molecule has 0 unspecified atom stereocenters. The third kappa shape index (κ3) is 2.73. The van der Waals surface area contributed by atoms with Crippen LogP contribution in [0.2, 0.25) is 0 Å². The van der Waals surface area contributed by atoms with Crippen LogP contribution >= 0.6 is 0 Å². The van der Waals surface area contributed by atoms with Crippen LogP contribution in [-0.4, -0.2) is 28.4 Å². The molecule has 0 radical (unpaired) electrons. The first kappa shape index (κ1) is 12.9. The fourth-order valence-corrected chi connectivity index (χ4v) is 3.62. The smallest absolute Gasteiger partial charge is 0.151 e. The zero-order chi connectivity index (χ0) is 13.1. The molecule has 0 amide bonds. The van der Waals surface area contributed by atoms with Crippen LogP contribution < -0.4 is 4.90 Å². The molecule has 1 spiro atoms. The summed E-state index contributed by atoms with van der Waals surface area (Å²) in [5.74, 6) is 0.961. The summed E-state index contributed by atoms with van der Waals surface area (Å²) in [7, 11) is 0. The lowest BCUT2D eigenvalue weighted by Crippen LogP contribution is -2.41. The fraction of sp³-hybridized carbons (Fsp3) is 0.733. The van der Waals surface area contributed by atoms with Gasteiger partial charge in [-0.15, -0.1) is 5.10 Å². The Hall–Kier alpha value is -1.16. The van der Waals surface area contributed by atoms with Gasteiger partial charge in [-0.1, -0.05) is 19.3 Å². The average molecular weight is 261 g/mol. The van der Waals surface area contributed by atoms with Gasteiger partial charge in [0.15, 0.2) is 5.82 Å². The van der Waals surface area contributed by atoms with Gasteiger partial charge < -0.3 is 10.0 Å². The maximum Gasteiger partial charge on any atom is 0.151 e. The second-order valence-electron chi connectivity index (χ2n) is 6.09. The van der Waals surface area contributed by atoms with Crippen molar-refractivity contribution >= 4 is 5.82 Å². The Kier molecular flexibility index (Phi) is 3.69. The largest absolute Gasteiger partial charge is 0.390 e. The Morgan fingerprint density at radius 2 is 1.74 bits per heavy atom.